The van der Waals surface area contributed by atoms with Gasteiger partial charge in [-0.1, -0.05) is 18.2 Å². The summed E-state index contributed by atoms with van der Waals surface area (Å²) in [7, 11) is 3.25. The van der Waals surface area contributed by atoms with Crippen LogP contribution in [-0.2, 0) is 4.79 Å². The number of likely N-dealkylation sites (N-methyl/N-ethyl adjacent to an activating group) is 1. The Hall–Kier alpha value is -2.13. The number of ether oxygens (including phenoxy) is 1. The molecule has 0 atom stereocenters. The molecule has 5 nitrogen and oxygen atoms in total. The standard InChI is InChI=1S/C18H15IN2O3S/c1-20-14(9-11-8-13(19)16(22)15(10-11)24-2)17(23)21(18(20)25)12-6-4-3-5-7-12/h3-10,22H,1-2H3/b14-9-. The SMILES string of the molecule is COc1cc(/C=C2/C(=O)N(c3ccccc3)C(=S)N2C)cc(I)c1O. The van der Waals surface area contributed by atoms with Crippen LogP contribution in [0.1, 0.15) is 5.56 Å². The molecule has 2 aromatic rings. The third-order valence-corrected chi connectivity index (χ3v) is 5.13. The average molecular weight is 466 g/mol. The fraction of sp³-hybridized carbons (Fsp3) is 0.111. The largest absolute Gasteiger partial charge is 0.504 e. The zero-order chi connectivity index (χ0) is 18.1. The minimum atomic E-state index is -0.194. The highest BCUT2D eigenvalue weighted by atomic mass is 127. The molecule has 1 N–H and O–H groups in total. The van der Waals surface area contributed by atoms with Crippen molar-refractivity contribution < 1.29 is 14.6 Å². The van der Waals surface area contributed by atoms with Crippen LogP contribution in [0.25, 0.3) is 6.08 Å². The molecule has 1 saturated heterocycles. The van der Waals surface area contributed by atoms with Crippen molar-refractivity contribution in [2.45, 2.75) is 0 Å². The van der Waals surface area contributed by atoms with Gasteiger partial charge in [0.05, 0.1) is 16.4 Å². The lowest BCUT2D eigenvalue weighted by Gasteiger charge is -2.16. The second kappa shape index (κ2) is 7.01. The average Bonchev–Trinajstić information content (AvgIpc) is 2.82. The van der Waals surface area contributed by atoms with Gasteiger partial charge in [-0.25, -0.2) is 0 Å². The number of phenolic OH excluding ortho intramolecular Hbond substituents is 1. The number of hydrogen-bond acceptors (Lipinski definition) is 4. The van der Waals surface area contributed by atoms with Crippen LogP contribution in [0.5, 0.6) is 11.5 Å². The van der Waals surface area contributed by atoms with Crippen molar-refractivity contribution in [3.63, 3.8) is 0 Å². The van der Waals surface area contributed by atoms with E-state index in [1.807, 2.05) is 52.9 Å². The number of carbonyl (C=O) groups excluding carboxylic acids is 1. The summed E-state index contributed by atoms with van der Waals surface area (Å²) < 4.78 is 5.82. The van der Waals surface area contributed by atoms with E-state index >= 15 is 0 Å². The number of carbonyl (C=O) groups is 1. The first kappa shape index (κ1) is 17.7. The normalized spacial score (nSPS) is 16.0. The third-order valence-electron chi connectivity index (χ3n) is 3.85. The summed E-state index contributed by atoms with van der Waals surface area (Å²) in [5.74, 6) is 0.243. The van der Waals surface area contributed by atoms with Crippen LogP contribution in [0.2, 0.25) is 0 Å². The number of rotatable bonds is 3. The lowest BCUT2D eigenvalue weighted by atomic mass is 10.1. The predicted octanol–water partition coefficient (Wildman–Crippen LogP) is 3.61. The number of benzene rings is 2. The van der Waals surface area contributed by atoms with Gasteiger partial charge in [0, 0.05) is 7.05 Å². The molecule has 3 rings (SSSR count). The van der Waals surface area contributed by atoms with Crippen LogP contribution in [0.4, 0.5) is 5.69 Å². The third kappa shape index (κ3) is 3.21. The highest BCUT2D eigenvalue weighted by Crippen LogP contribution is 2.34. The van der Waals surface area contributed by atoms with Gasteiger partial charge in [0.15, 0.2) is 16.6 Å². The Balaban J connectivity index is 2.03. The van der Waals surface area contributed by atoms with E-state index in [2.05, 4.69) is 0 Å². The summed E-state index contributed by atoms with van der Waals surface area (Å²) in [4.78, 5) is 16.1. The maximum absolute atomic E-state index is 12.9. The topological polar surface area (TPSA) is 53.0 Å². The zero-order valence-electron chi connectivity index (χ0n) is 13.6. The van der Waals surface area contributed by atoms with E-state index in [0.29, 0.717) is 20.1 Å². The summed E-state index contributed by atoms with van der Waals surface area (Å²) in [6.45, 7) is 0. The van der Waals surface area contributed by atoms with Crippen molar-refractivity contribution in [2.75, 3.05) is 19.1 Å². The fourth-order valence-electron chi connectivity index (χ4n) is 2.55. The number of anilines is 1. The molecule has 0 radical (unpaired) electrons. The minimum Gasteiger partial charge on any atom is -0.504 e. The molecule has 1 heterocycles. The molecular formula is C18H15IN2O3S. The number of aromatic hydroxyl groups is 1. The van der Waals surface area contributed by atoms with Gasteiger partial charge in [-0.05, 0) is 70.7 Å². The molecule has 2 aromatic carbocycles. The molecule has 7 heteroatoms. The number of phenols is 1. The van der Waals surface area contributed by atoms with Crippen molar-refractivity contribution in [1.29, 1.82) is 0 Å². The van der Waals surface area contributed by atoms with Crippen molar-refractivity contribution in [3.8, 4) is 11.5 Å². The van der Waals surface area contributed by atoms with Gasteiger partial charge in [-0.2, -0.15) is 0 Å². The molecule has 1 fully saturated rings. The minimum absolute atomic E-state index is 0.0813. The number of hydrogen-bond donors (Lipinski definition) is 1. The van der Waals surface area contributed by atoms with E-state index < -0.39 is 0 Å². The first-order valence-electron chi connectivity index (χ1n) is 7.39. The molecule has 0 spiro atoms. The zero-order valence-corrected chi connectivity index (χ0v) is 16.5. The molecule has 25 heavy (non-hydrogen) atoms. The van der Waals surface area contributed by atoms with Crippen LogP contribution in [0.3, 0.4) is 0 Å². The lowest BCUT2D eigenvalue weighted by molar-refractivity contribution is -0.114. The molecule has 1 amide bonds. The van der Waals surface area contributed by atoms with E-state index in [1.165, 1.54) is 12.0 Å². The number of nitrogens with zero attached hydrogens (tertiary/aromatic N) is 2. The monoisotopic (exact) mass is 466 g/mol. The maximum Gasteiger partial charge on any atom is 0.281 e. The van der Waals surface area contributed by atoms with E-state index in [4.69, 9.17) is 17.0 Å². The Bertz CT molecular complexity index is 883. The Morgan fingerprint density at radius 2 is 1.92 bits per heavy atom. The van der Waals surface area contributed by atoms with E-state index in [9.17, 15) is 9.90 Å². The van der Waals surface area contributed by atoms with Gasteiger partial charge < -0.3 is 14.7 Å². The Morgan fingerprint density at radius 3 is 2.56 bits per heavy atom. The van der Waals surface area contributed by atoms with Crippen molar-refractivity contribution >= 4 is 57.6 Å². The van der Waals surface area contributed by atoms with Crippen molar-refractivity contribution in [1.82, 2.24) is 4.90 Å². The highest BCUT2D eigenvalue weighted by molar-refractivity contribution is 14.1. The summed E-state index contributed by atoms with van der Waals surface area (Å²) in [6.07, 6.45) is 1.74. The van der Waals surface area contributed by atoms with Gasteiger partial charge in [0.1, 0.15) is 5.70 Å². The van der Waals surface area contributed by atoms with Crippen molar-refractivity contribution in [2.24, 2.45) is 0 Å². The van der Waals surface area contributed by atoms with Crippen LogP contribution in [-0.4, -0.2) is 35.2 Å². The second-order valence-electron chi connectivity index (χ2n) is 5.40. The van der Waals surface area contributed by atoms with E-state index in [0.717, 1.165) is 11.3 Å². The number of thiocarbonyl (C=S) groups is 1. The maximum atomic E-state index is 12.9. The Labute approximate surface area is 164 Å². The van der Waals surface area contributed by atoms with Gasteiger partial charge >= 0.3 is 0 Å². The molecule has 0 aliphatic carbocycles. The Kier molecular flexibility index (Phi) is 4.96. The second-order valence-corrected chi connectivity index (χ2v) is 6.93. The first-order valence-corrected chi connectivity index (χ1v) is 8.88. The number of amides is 1. The van der Waals surface area contributed by atoms with Crippen LogP contribution in [0.15, 0.2) is 48.2 Å². The first-order chi connectivity index (χ1) is 11.9. The summed E-state index contributed by atoms with van der Waals surface area (Å²) in [6, 6.07) is 12.8. The molecule has 0 unspecified atom stereocenters. The van der Waals surface area contributed by atoms with Crippen LogP contribution >= 0.6 is 34.8 Å². The molecule has 0 saturated carbocycles. The fourth-order valence-corrected chi connectivity index (χ4v) is 3.46. The summed E-state index contributed by atoms with van der Waals surface area (Å²) >= 11 is 7.45. The molecule has 1 aliphatic heterocycles. The number of methoxy groups -OCH3 is 1. The molecular weight excluding hydrogens is 451 g/mol. The molecule has 0 aromatic heterocycles. The smallest absolute Gasteiger partial charge is 0.281 e. The quantitative estimate of drug-likeness (QED) is 0.426. The van der Waals surface area contributed by atoms with Gasteiger partial charge in [-0.3, -0.25) is 9.69 Å². The van der Waals surface area contributed by atoms with Gasteiger partial charge in [0.25, 0.3) is 5.91 Å². The van der Waals surface area contributed by atoms with E-state index in [-0.39, 0.29) is 11.7 Å². The van der Waals surface area contributed by atoms with E-state index in [1.54, 1.807) is 30.2 Å². The predicted molar refractivity (Wildman–Crippen MR) is 110 cm³/mol. The highest BCUT2D eigenvalue weighted by Gasteiger charge is 2.36. The number of halogens is 1. The van der Waals surface area contributed by atoms with Gasteiger partial charge in [-0.15, -0.1) is 0 Å². The van der Waals surface area contributed by atoms with Crippen LogP contribution < -0.4 is 9.64 Å². The molecule has 1 aliphatic rings. The number of para-hydroxylation sites is 1. The summed E-state index contributed by atoms with van der Waals surface area (Å²) in [5, 5.41) is 10.4. The lowest BCUT2D eigenvalue weighted by Crippen LogP contribution is -2.30. The van der Waals surface area contributed by atoms with Crippen LogP contribution in [0, 0.1) is 3.57 Å². The van der Waals surface area contributed by atoms with Crippen molar-refractivity contribution in [3.05, 3.63) is 57.3 Å². The summed E-state index contributed by atoms with van der Waals surface area (Å²) in [5.41, 5.74) is 1.93. The molecule has 0 bridgehead atoms. The van der Waals surface area contributed by atoms with Gasteiger partial charge in [0.2, 0.25) is 0 Å². The molecule has 128 valence electrons. The Morgan fingerprint density at radius 1 is 1.24 bits per heavy atom.